The highest BCUT2D eigenvalue weighted by atomic mass is 31.2. The zero-order chi connectivity index (χ0) is 14.8. The quantitative estimate of drug-likeness (QED) is 0.392. The van der Waals surface area contributed by atoms with Gasteiger partial charge in [-0.1, -0.05) is 57.6 Å². The summed E-state index contributed by atoms with van der Waals surface area (Å²) in [4.78, 5) is 17.4. The molecular weight excluding hydrogens is 302 g/mol. The summed E-state index contributed by atoms with van der Waals surface area (Å²) in [5.74, 6) is 0.210. The zero-order valence-electron chi connectivity index (χ0n) is 12.1. The van der Waals surface area contributed by atoms with E-state index in [-0.39, 0.29) is 23.1 Å². The maximum absolute atomic E-state index is 10.7. The second-order valence-corrected chi connectivity index (χ2v) is 6.26. The van der Waals surface area contributed by atoms with Gasteiger partial charge in [-0.15, -0.1) is 0 Å². The maximum atomic E-state index is 10.7. The fourth-order valence-electron chi connectivity index (χ4n) is 2.14. The van der Waals surface area contributed by atoms with Gasteiger partial charge in [-0.05, 0) is 30.5 Å². The zero-order valence-corrected chi connectivity index (χ0v) is 13.0. The van der Waals surface area contributed by atoms with E-state index in [1.54, 1.807) is 12.1 Å². The fourth-order valence-corrected chi connectivity index (χ4v) is 2.54. The number of benzene rings is 1. The first-order valence-electron chi connectivity index (χ1n) is 7.35. The van der Waals surface area contributed by atoms with Gasteiger partial charge in [0.2, 0.25) is 0 Å². The third kappa shape index (κ3) is 11.0. The second kappa shape index (κ2) is 11.3. The summed E-state index contributed by atoms with van der Waals surface area (Å²) in [6.45, 7) is 2.22. The summed E-state index contributed by atoms with van der Waals surface area (Å²) in [6, 6.07) is 6.94. The predicted molar refractivity (Wildman–Crippen MR) is 90.8 cm³/mol. The number of unbranched alkanes of at least 4 members (excludes halogenated alkanes) is 6. The van der Waals surface area contributed by atoms with E-state index < -0.39 is 7.82 Å². The van der Waals surface area contributed by atoms with Gasteiger partial charge in [-0.2, -0.15) is 0 Å². The third-order valence-corrected chi connectivity index (χ3v) is 3.67. The standard InChI is InChI=1S/C15H25O4P.Al.3H/c1-2-3-4-5-6-7-8-9-14-10-12-15(13-11-14)19-20(16,17)18;;;;/h10-13H,2-9H2,1H3,(H2,16,17,18);;;;. The predicted octanol–water partition coefficient (Wildman–Crippen LogP) is 3.27. The average molecular weight is 330 g/mol. The summed E-state index contributed by atoms with van der Waals surface area (Å²) >= 11 is 0. The van der Waals surface area contributed by atoms with Crippen LogP contribution in [-0.4, -0.2) is 27.1 Å². The molecule has 120 valence electrons. The molecule has 4 nitrogen and oxygen atoms in total. The van der Waals surface area contributed by atoms with Crippen molar-refractivity contribution in [3.05, 3.63) is 29.8 Å². The summed E-state index contributed by atoms with van der Waals surface area (Å²) in [6.07, 6.45) is 9.97. The van der Waals surface area contributed by atoms with Crippen LogP contribution in [0.1, 0.15) is 57.4 Å². The van der Waals surface area contributed by atoms with Gasteiger partial charge in [-0.25, -0.2) is 4.57 Å². The lowest BCUT2D eigenvalue weighted by atomic mass is 10.0. The molecule has 0 spiro atoms. The molecule has 0 saturated heterocycles. The Bertz CT molecular complexity index is 416. The molecule has 0 amide bonds. The second-order valence-electron chi connectivity index (χ2n) is 5.10. The van der Waals surface area contributed by atoms with Crippen LogP contribution < -0.4 is 4.52 Å². The van der Waals surface area contributed by atoms with Crippen molar-refractivity contribution in [3.8, 4) is 5.75 Å². The smallest absolute Gasteiger partial charge is 0.404 e. The van der Waals surface area contributed by atoms with Gasteiger partial charge in [0.05, 0.1) is 0 Å². The van der Waals surface area contributed by atoms with Crippen LogP contribution in [0.15, 0.2) is 24.3 Å². The molecule has 0 unspecified atom stereocenters. The van der Waals surface area contributed by atoms with Crippen LogP contribution in [-0.2, 0) is 11.0 Å². The summed E-state index contributed by atoms with van der Waals surface area (Å²) < 4.78 is 15.2. The molecule has 0 aliphatic heterocycles. The molecule has 0 aliphatic carbocycles. The number of hydrogen-bond donors (Lipinski definition) is 2. The Morgan fingerprint density at radius 3 is 2.00 bits per heavy atom. The molecule has 0 radical (unpaired) electrons. The highest BCUT2D eigenvalue weighted by Gasteiger charge is 2.15. The molecule has 21 heavy (non-hydrogen) atoms. The van der Waals surface area contributed by atoms with E-state index in [2.05, 4.69) is 11.4 Å². The van der Waals surface area contributed by atoms with E-state index in [1.165, 1.54) is 44.1 Å². The van der Waals surface area contributed by atoms with E-state index in [0.29, 0.717) is 0 Å². The molecule has 0 atom stereocenters. The van der Waals surface area contributed by atoms with Crippen LogP contribution in [0.5, 0.6) is 5.75 Å². The van der Waals surface area contributed by atoms with Crippen molar-refractivity contribution in [1.29, 1.82) is 0 Å². The summed E-state index contributed by atoms with van der Waals surface area (Å²) in [5.41, 5.74) is 1.18. The van der Waals surface area contributed by atoms with Gasteiger partial charge in [0.1, 0.15) is 5.75 Å². The average Bonchev–Trinajstić information content (AvgIpc) is 2.38. The van der Waals surface area contributed by atoms with E-state index in [4.69, 9.17) is 9.79 Å². The highest BCUT2D eigenvalue weighted by molar-refractivity contribution is 7.46. The lowest BCUT2D eigenvalue weighted by Crippen LogP contribution is -1.91. The Kier molecular flexibility index (Phi) is 11.1. The lowest BCUT2D eigenvalue weighted by molar-refractivity contribution is 0.283. The normalized spacial score (nSPS) is 11.0. The molecule has 0 bridgehead atoms. The Morgan fingerprint density at radius 1 is 0.952 bits per heavy atom. The van der Waals surface area contributed by atoms with Crippen LogP contribution in [0.2, 0.25) is 0 Å². The first-order valence-corrected chi connectivity index (χ1v) is 8.88. The number of hydrogen-bond acceptors (Lipinski definition) is 2. The molecule has 0 heterocycles. The number of rotatable bonds is 10. The Hall–Kier alpha value is -0.298. The highest BCUT2D eigenvalue weighted by Crippen LogP contribution is 2.37. The van der Waals surface area contributed by atoms with E-state index in [0.717, 1.165) is 12.8 Å². The third-order valence-electron chi connectivity index (χ3n) is 3.22. The van der Waals surface area contributed by atoms with Crippen molar-refractivity contribution in [1.82, 2.24) is 0 Å². The summed E-state index contributed by atoms with van der Waals surface area (Å²) in [7, 11) is -4.44. The number of aryl methyl sites for hydroxylation is 1. The van der Waals surface area contributed by atoms with E-state index in [1.807, 2.05) is 12.1 Å². The maximum Gasteiger partial charge on any atom is 0.524 e. The van der Waals surface area contributed by atoms with Crippen molar-refractivity contribution in [2.24, 2.45) is 0 Å². The van der Waals surface area contributed by atoms with Crippen molar-refractivity contribution in [3.63, 3.8) is 0 Å². The van der Waals surface area contributed by atoms with Gasteiger partial charge >= 0.3 is 7.82 Å². The number of phosphoric acid groups is 1. The first-order chi connectivity index (χ1) is 9.51. The molecule has 1 rings (SSSR count). The monoisotopic (exact) mass is 330 g/mol. The minimum absolute atomic E-state index is 0. The molecule has 0 fully saturated rings. The van der Waals surface area contributed by atoms with Gasteiger partial charge < -0.3 is 4.52 Å². The van der Waals surface area contributed by atoms with Crippen molar-refractivity contribution in [2.75, 3.05) is 0 Å². The lowest BCUT2D eigenvalue weighted by Gasteiger charge is -2.07. The molecule has 2 N–H and O–H groups in total. The van der Waals surface area contributed by atoms with Crippen LogP contribution in [0, 0.1) is 0 Å². The molecule has 1 aromatic carbocycles. The Morgan fingerprint density at radius 2 is 1.48 bits per heavy atom. The van der Waals surface area contributed by atoms with E-state index >= 15 is 0 Å². The fraction of sp³-hybridized carbons (Fsp3) is 0.600. The molecule has 0 aliphatic rings. The largest absolute Gasteiger partial charge is 0.524 e. The summed E-state index contributed by atoms with van der Waals surface area (Å²) in [5, 5.41) is 0. The van der Waals surface area contributed by atoms with Crippen LogP contribution in [0.3, 0.4) is 0 Å². The Balaban J connectivity index is 0.00000400. The molecule has 6 heteroatoms. The van der Waals surface area contributed by atoms with Gasteiger partial charge in [0.25, 0.3) is 0 Å². The minimum Gasteiger partial charge on any atom is -0.404 e. The van der Waals surface area contributed by atoms with Gasteiger partial charge in [-0.3, -0.25) is 9.79 Å². The van der Waals surface area contributed by atoms with Crippen molar-refractivity contribution in [2.45, 2.75) is 58.3 Å². The van der Waals surface area contributed by atoms with Gasteiger partial charge in [0.15, 0.2) is 17.4 Å². The number of phosphoric ester groups is 1. The molecule has 1 aromatic rings. The first kappa shape index (κ1) is 20.7. The van der Waals surface area contributed by atoms with Crippen molar-refractivity contribution >= 4 is 25.2 Å². The molecule has 0 aromatic heterocycles. The van der Waals surface area contributed by atoms with E-state index in [9.17, 15) is 4.57 Å². The molecule has 0 saturated carbocycles. The SMILES string of the molecule is CCCCCCCCCc1ccc(OP(=O)(O)O)cc1.[AlH3]. The van der Waals surface area contributed by atoms with Crippen LogP contribution in [0.25, 0.3) is 0 Å². The topological polar surface area (TPSA) is 66.8 Å². The molecular formula is C15H28AlO4P. The minimum atomic E-state index is -4.44. The van der Waals surface area contributed by atoms with Crippen LogP contribution in [0.4, 0.5) is 0 Å². The Labute approximate surface area is 138 Å². The van der Waals surface area contributed by atoms with Crippen LogP contribution >= 0.6 is 7.82 Å². The van der Waals surface area contributed by atoms with Crippen molar-refractivity contribution < 1.29 is 18.9 Å². The van der Waals surface area contributed by atoms with Gasteiger partial charge in [0, 0.05) is 0 Å².